The molecule has 1 aliphatic heterocycles. The van der Waals surface area contributed by atoms with Crippen molar-refractivity contribution in [3.8, 4) is 6.07 Å². The smallest absolute Gasteiger partial charge is 0.267 e. The van der Waals surface area contributed by atoms with Crippen molar-refractivity contribution in [2.75, 3.05) is 11.9 Å². The molecular formula is C13H10ClN3OS2. The fourth-order valence-corrected chi connectivity index (χ4v) is 4.36. The molecule has 3 heterocycles. The van der Waals surface area contributed by atoms with Crippen molar-refractivity contribution >= 4 is 45.2 Å². The van der Waals surface area contributed by atoms with E-state index in [1.54, 1.807) is 11.4 Å². The Balaban J connectivity index is 1.92. The highest BCUT2D eigenvalue weighted by Gasteiger charge is 2.22. The van der Waals surface area contributed by atoms with Gasteiger partial charge in [-0.05, 0) is 30.0 Å². The van der Waals surface area contributed by atoms with Gasteiger partial charge in [0.15, 0.2) is 0 Å². The summed E-state index contributed by atoms with van der Waals surface area (Å²) < 4.78 is 0. The Kier molecular flexibility index (Phi) is 3.76. The molecule has 20 heavy (non-hydrogen) atoms. The molecule has 0 unspecified atom stereocenters. The molecule has 0 saturated heterocycles. The standard InChI is InChI=1S/C13H10ClN3OS2/c14-9-2-4-19-11(9)12(18)17-13-8(5-15)7-1-3-16-6-10(7)20-13/h2,4,16H,1,3,6H2,(H,17,18). The number of carbonyl (C=O) groups excluding carboxylic acids is 1. The van der Waals surface area contributed by atoms with E-state index in [1.165, 1.54) is 22.7 Å². The van der Waals surface area contributed by atoms with E-state index in [2.05, 4.69) is 16.7 Å². The van der Waals surface area contributed by atoms with Crippen LogP contribution >= 0.6 is 34.3 Å². The Morgan fingerprint density at radius 1 is 1.55 bits per heavy atom. The maximum Gasteiger partial charge on any atom is 0.267 e. The minimum atomic E-state index is -0.256. The van der Waals surface area contributed by atoms with Crippen LogP contribution in [0.5, 0.6) is 0 Å². The van der Waals surface area contributed by atoms with E-state index in [9.17, 15) is 10.1 Å². The van der Waals surface area contributed by atoms with E-state index in [1.807, 2.05) is 0 Å². The second-order valence-corrected chi connectivity index (χ2v) is 6.73. The van der Waals surface area contributed by atoms with E-state index < -0.39 is 0 Å². The molecule has 0 fully saturated rings. The Bertz CT molecular complexity index is 714. The van der Waals surface area contributed by atoms with Gasteiger partial charge >= 0.3 is 0 Å². The molecular weight excluding hydrogens is 314 g/mol. The Morgan fingerprint density at radius 2 is 2.40 bits per heavy atom. The molecule has 0 aliphatic carbocycles. The Labute approximate surface area is 129 Å². The molecule has 0 radical (unpaired) electrons. The summed E-state index contributed by atoms with van der Waals surface area (Å²) in [7, 11) is 0. The normalized spacial score (nSPS) is 13.6. The van der Waals surface area contributed by atoms with Gasteiger partial charge in [-0.2, -0.15) is 5.26 Å². The van der Waals surface area contributed by atoms with Crippen molar-refractivity contribution in [2.24, 2.45) is 0 Å². The van der Waals surface area contributed by atoms with Crippen molar-refractivity contribution in [1.82, 2.24) is 5.32 Å². The predicted molar refractivity (Wildman–Crippen MR) is 81.7 cm³/mol. The molecule has 2 aromatic rings. The monoisotopic (exact) mass is 323 g/mol. The number of hydrogen-bond donors (Lipinski definition) is 2. The highest BCUT2D eigenvalue weighted by Crippen LogP contribution is 2.35. The average molecular weight is 324 g/mol. The summed E-state index contributed by atoms with van der Waals surface area (Å²) in [6.07, 6.45) is 0.824. The predicted octanol–water partition coefficient (Wildman–Crippen LogP) is 3.23. The fraction of sp³-hybridized carbons (Fsp3) is 0.231. The number of thiophene rings is 2. The number of fused-ring (bicyclic) bond motifs is 1. The van der Waals surface area contributed by atoms with Gasteiger partial charge in [-0.3, -0.25) is 4.79 Å². The molecule has 7 heteroatoms. The third-order valence-corrected chi connectivity index (χ3v) is 5.58. The van der Waals surface area contributed by atoms with Crippen LogP contribution in [0.3, 0.4) is 0 Å². The highest BCUT2D eigenvalue weighted by atomic mass is 35.5. The summed E-state index contributed by atoms with van der Waals surface area (Å²) in [6.45, 7) is 1.62. The summed E-state index contributed by atoms with van der Waals surface area (Å²) >= 11 is 8.71. The van der Waals surface area contributed by atoms with Crippen molar-refractivity contribution in [3.05, 3.63) is 37.4 Å². The maximum absolute atomic E-state index is 12.2. The van der Waals surface area contributed by atoms with Gasteiger partial charge in [0.2, 0.25) is 0 Å². The van der Waals surface area contributed by atoms with Gasteiger partial charge in [-0.1, -0.05) is 11.6 Å². The number of carbonyl (C=O) groups is 1. The lowest BCUT2D eigenvalue weighted by molar-refractivity contribution is 0.103. The summed E-state index contributed by atoms with van der Waals surface area (Å²) in [5, 5.41) is 18.2. The largest absolute Gasteiger partial charge is 0.312 e. The van der Waals surface area contributed by atoms with Crippen LogP contribution in [0.15, 0.2) is 11.4 Å². The van der Waals surface area contributed by atoms with E-state index in [0.29, 0.717) is 20.5 Å². The third-order valence-electron chi connectivity index (χ3n) is 3.09. The van der Waals surface area contributed by atoms with Crippen LogP contribution in [0.1, 0.15) is 25.7 Å². The molecule has 0 saturated carbocycles. The lowest BCUT2D eigenvalue weighted by Gasteiger charge is -2.11. The molecule has 1 aliphatic rings. The fourth-order valence-electron chi connectivity index (χ4n) is 2.16. The van der Waals surface area contributed by atoms with Gasteiger partial charge < -0.3 is 10.6 Å². The first-order chi connectivity index (χ1) is 9.70. The molecule has 2 N–H and O–H groups in total. The lowest BCUT2D eigenvalue weighted by atomic mass is 10.1. The van der Waals surface area contributed by atoms with Gasteiger partial charge in [0.1, 0.15) is 15.9 Å². The molecule has 0 spiro atoms. The van der Waals surface area contributed by atoms with E-state index >= 15 is 0 Å². The van der Waals surface area contributed by atoms with Crippen LogP contribution in [0.2, 0.25) is 5.02 Å². The zero-order chi connectivity index (χ0) is 14.1. The van der Waals surface area contributed by atoms with Crippen molar-refractivity contribution < 1.29 is 4.79 Å². The van der Waals surface area contributed by atoms with Gasteiger partial charge in [0.25, 0.3) is 5.91 Å². The zero-order valence-electron chi connectivity index (χ0n) is 10.3. The van der Waals surface area contributed by atoms with Crippen LogP contribution < -0.4 is 10.6 Å². The van der Waals surface area contributed by atoms with Gasteiger partial charge in [-0.15, -0.1) is 22.7 Å². The summed E-state index contributed by atoms with van der Waals surface area (Å²) in [6, 6.07) is 3.90. The Hall–Kier alpha value is -1.39. The van der Waals surface area contributed by atoms with Crippen LogP contribution in [-0.4, -0.2) is 12.5 Å². The van der Waals surface area contributed by atoms with Crippen LogP contribution in [0.25, 0.3) is 0 Å². The van der Waals surface area contributed by atoms with Gasteiger partial charge in [0.05, 0.1) is 10.6 Å². The number of hydrogen-bond acceptors (Lipinski definition) is 5. The van der Waals surface area contributed by atoms with Crippen LogP contribution in [0.4, 0.5) is 5.00 Å². The topological polar surface area (TPSA) is 64.9 Å². The van der Waals surface area contributed by atoms with E-state index in [4.69, 9.17) is 11.6 Å². The van der Waals surface area contributed by atoms with Crippen LogP contribution in [-0.2, 0) is 13.0 Å². The maximum atomic E-state index is 12.2. The number of rotatable bonds is 2. The SMILES string of the molecule is N#Cc1c(NC(=O)c2sccc2Cl)sc2c1CCNC2. The van der Waals surface area contributed by atoms with Crippen molar-refractivity contribution in [3.63, 3.8) is 0 Å². The molecule has 102 valence electrons. The average Bonchev–Trinajstić information content (AvgIpc) is 3.01. The zero-order valence-corrected chi connectivity index (χ0v) is 12.7. The number of nitrogens with zero attached hydrogens (tertiary/aromatic N) is 1. The molecule has 3 rings (SSSR count). The number of halogens is 1. The molecule has 0 aromatic carbocycles. The number of anilines is 1. The van der Waals surface area contributed by atoms with E-state index in [0.717, 1.165) is 30.0 Å². The number of nitrogens with one attached hydrogen (secondary N) is 2. The Morgan fingerprint density at radius 3 is 3.10 bits per heavy atom. The van der Waals surface area contributed by atoms with Gasteiger partial charge in [-0.25, -0.2) is 0 Å². The van der Waals surface area contributed by atoms with Crippen molar-refractivity contribution in [1.29, 1.82) is 5.26 Å². The lowest BCUT2D eigenvalue weighted by Crippen LogP contribution is -2.22. The number of nitriles is 1. The summed E-state index contributed by atoms with van der Waals surface area (Å²) in [4.78, 5) is 13.8. The summed E-state index contributed by atoms with van der Waals surface area (Å²) in [5.74, 6) is -0.256. The first-order valence-electron chi connectivity index (χ1n) is 6.00. The number of amides is 1. The third kappa shape index (κ3) is 2.34. The van der Waals surface area contributed by atoms with Crippen LogP contribution in [0, 0.1) is 11.3 Å². The van der Waals surface area contributed by atoms with E-state index in [-0.39, 0.29) is 5.91 Å². The molecule has 2 aromatic heterocycles. The molecule has 1 amide bonds. The minimum Gasteiger partial charge on any atom is -0.312 e. The van der Waals surface area contributed by atoms with Gasteiger partial charge in [0, 0.05) is 11.4 Å². The quantitative estimate of drug-likeness (QED) is 0.891. The first-order valence-corrected chi connectivity index (χ1v) is 8.08. The molecule has 4 nitrogen and oxygen atoms in total. The minimum absolute atomic E-state index is 0.256. The molecule has 0 bridgehead atoms. The van der Waals surface area contributed by atoms with Crippen molar-refractivity contribution in [2.45, 2.75) is 13.0 Å². The highest BCUT2D eigenvalue weighted by molar-refractivity contribution is 7.17. The molecule has 0 atom stereocenters. The first kappa shape index (κ1) is 13.6. The summed E-state index contributed by atoms with van der Waals surface area (Å²) in [5.41, 5.74) is 1.65. The second-order valence-electron chi connectivity index (χ2n) is 4.30. The second kappa shape index (κ2) is 5.54.